The van der Waals surface area contributed by atoms with Crippen LogP contribution in [0.1, 0.15) is 59.9 Å². The van der Waals surface area contributed by atoms with Gasteiger partial charge in [0.15, 0.2) is 12.4 Å². The van der Waals surface area contributed by atoms with Crippen molar-refractivity contribution in [1.82, 2.24) is 0 Å². The normalized spacial score (nSPS) is 17.8. The third-order valence-corrected chi connectivity index (χ3v) is 5.76. The molecule has 1 amide bonds. The largest absolute Gasteiger partial charge is 0.454 e. The van der Waals surface area contributed by atoms with Gasteiger partial charge in [0.05, 0.1) is 16.9 Å². The highest BCUT2D eigenvalue weighted by Gasteiger charge is 2.36. The van der Waals surface area contributed by atoms with Crippen molar-refractivity contribution in [3.63, 3.8) is 0 Å². The Labute approximate surface area is 176 Å². The third-order valence-electron chi connectivity index (χ3n) is 5.76. The molecule has 156 valence electrons. The van der Waals surface area contributed by atoms with E-state index in [9.17, 15) is 14.4 Å². The predicted molar refractivity (Wildman–Crippen MR) is 115 cm³/mol. The van der Waals surface area contributed by atoms with Crippen LogP contribution in [0.2, 0.25) is 0 Å². The van der Waals surface area contributed by atoms with E-state index in [4.69, 9.17) is 4.74 Å². The minimum atomic E-state index is -0.588. The van der Waals surface area contributed by atoms with Crippen molar-refractivity contribution in [2.45, 2.75) is 45.1 Å². The van der Waals surface area contributed by atoms with Gasteiger partial charge in [-0.2, -0.15) is 0 Å². The van der Waals surface area contributed by atoms with E-state index in [1.807, 2.05) is 18.2 Å². The number of ketones is 1. The van der Waals surface area contributed by atoms with Gasteiger partial charge in [0, 0.05) is 12.1 Å². The smallest absolute Gasteiger partial charge is 0.338 e. The summed E-state index contributed by atoms with van der Waals surface area (Å²) in [6, 6.07) is 12.4. The van der Waals surface area contributed by atoms with Crippen LogP contribution < -0.4 is 10.2 Å². The minimum absolute atomic E-state index is 0.00496. The Morgan fingerprint density at radius 3 is 2.50 bits per heavy atom. The molecule has 1 atom stereocenters. The van der Waals surface area contributed by atoms with Crippen molar-refractivity contribution in [3.8, 4) is 0 Å². The monoisotopic (exact) mass is 406 g/mol. The van der Waals surface area contributed by atoms with Gasteiger partial charge in [-0.05, 0) is 42.0 Å². The molecule has 30 heavy (non-hydrogen) atoms. The van der Waals surface area contributed by atoms with Gasteiger partial charge in [-0.25, -0.2) is 4.79 Å². The number of nitrogens with one attached hydrogen (secondary N) is 1. The number of hydrogen-bond acceptors (Lipinski definition) is 5. The van der Waals surface area contributed by atoms with E-state index in [0.717, 1.165) is 30.6 Å². The predicted octanol–water partition coefficient (Wildman–Crippen LogP) is 3.94. The first kappa shape index (κ1) is 20.1. The van der Waals surface area contributed by atoms with Crippen molar-refractivity contribution in [2.24, 2.45) is 0 Å². The van der Waals surface area contributed by atoms with Gasteiger partial charge in [-0.15, -0.1) is 0 Å². The third kappa shape index (κ3) is 3.82. The lowest BCUT2D eigenvalue weighted by Crippen LogP contribution is -2.43. The van der Waals surface area contributed by atoms with Gasteiger partial charge >= 0.3 is 5.97 Å². The van der Waals surface area contributed by atoms with Crippen LogP contribution in [0.4, 0.5) is 11.4 Å². The first-order chi connectivity index (χ1) is 14.2. The number of esters is 1. The summed E-state index contributed by atoms with van der Waals surface area (Å²) in [7, 11) is 0. The molecule has 2 aliphatic heterocycles. The number of hydrogen-bond donors (Lipinski definition) is 1. The van der Waals surface area contributed by atoms with E-state index >= 15 is 0 Å². The molecular formula is C24H26N2O4. The van der Waals surface area contributed by atoms with Crippen LogP contribution in [-0.4, -0.2) is 36.9 Å². The number of anilines is 2. The molecule has 0 bridgehead atoms. The van der Waals surface area contributed by atoms with Crippen molar-refractivity contribution in [1.29, 1.82) is 0 Å². The molecule has 4 rings (SSSR count). The second kappa shape index (κ2) is 7.59. The molecule has 2 aliphatic rings. The minimum Gasteiger partial charge on any atom is -0.454 e. The van der Waals surface area contributed by atoms with Crippen LogP contribution in [0.25, 0.3) is 0 Å². The summed E-state index contributed by atoms with van der Waals surface area (Å²) in [6.45, 7) is 6.83. The first-order valence-corrected chi connectivity index (χ1v) is 10.3. The highest BCUT2D eigenvalue weighted by molar-refractivity contribution is 6.06. The number of nitrogens with zero attached hydrogens (tertiary/aromatic N) is 1. The van der Waals surface area contributed by atoms with Crippen molar-refractivity contribution >= 4 is 29.0 Å². The summed E-state index contributed by atoms with van der Waals surface area (Å²) in [5.41, 5.74) is 3.48. The average Bonchev–Trinajstić information content (AvgIpc) is 3.22. The Hall–Kier alpha value is -3.15. The van der Waals surface area contributed by atoms with E-state index in [0.29, 0.717) is 16.8 Å². The maximum atomic E-state index is 12.5. The maximum absolute atomic E-state index is 12.5. The number of rotatable bonds is 4. The molecule has 6 nitrogen and oxygen atoms in total. The molecule has 0 aromatic heterocycles. The molecule has 6 heteroatoms. The number of benzene rings is 2. The molecule has 2 aromatic rings. The molecule has 0 radical (unpaired) electrons. The SMILES string of the molecule is CC(C)(C)c1ccc(C(=O)COC(=O)c2ccc3c(c2)NC(=O)[C@@H]2CCCN32)cc1. The zero-order valence-electron chi connectivity index (χ0n) is 17.5. The van der Waals surface area contributed by atoms with Crippen molar-refractivity contribution < 1.29 is 19.1 Å². The second-order valence-corrected chi connectivity index (χ2v) is 8.90. The highest BCUT2D eigenvalue weighted by Crippen LogP contribution is 2.37. The molecule has 1 saturated heterocycles. The summed E-state index contributed by atoms with van der Waals surface area (Å²) in [5.74, 6) is -0.885. The number of Topliss-reactive ketones (excluding diaryl/α,β-unsaturated/α-hetero) is 1. The fourth-order valence-electron chi connectivity index (χ4n) is 4.01. The lowest BCUT2D eigenvalue weighted by Gasteiger charge is -2.33. The van der Waals surface area contributed by atoms with E-state index in [2.05, 4.69) is 31.0 Å². The Kier molecular flexibility index (Phi) is 5.10. The van der Waals surface area contributed by atoms with Crippen LogP contribution in [0, 0.1) is 0 Å². The van der Waals surface area contributed by atoms with Gasteiger partial charge < -0.3 is 15.0 Å². The van der Waals surface area contributed by atoms with Crippen molar-refractivity contribution in [3.05, 3.63) is 59.2 Å². The topological polar surface area (TPSA) is 75.7 Å². The molecule has 1 fully saturated rings. The molecule has 0 unspecified atom stereocenters. The maximum Gasteiger partial charge on any atom is 0.338 e. The van der Waals surface area contributed by atoms with E-state index in [1.165, 1.54) is 0 Å². The second-order valence-electron chi connectivity index (χ2n) is 8.90. The van der Waals surface area contributed by atoms with Gasteiger partial charge in [-0.3, -0.25) is 9.59 Å². The van der Waals surface area contributed by atoms with Crippen LogP contribution in [0.15, 0.2) is 42.5 Å². The molecule has 0 spiro atoms. The van der Waals surface area contributed by atoms with E-state index < -0.39 is 5.97 Å². The molecule has 2 aromatic carbocycles. The zero-order valence-corrected chi connectivity index (χ0v) is 17.5. The summed E-state index contributed by atoms with van der Waals surface area (Å²) in [5, 5.41) is 2.88. The Balaban J connectivity index is 1.42. The Bertz CT molecular complexity index is 1000. The first-order valence-electron chi connectivity index (χ1n) is 10.3. The number of amides is 1. The fraction of sp³-hybridized carbons (Fsp3) is 0.375. The van der Waals surface area contributed by atoms with Gasteiger partial charge in [0.25, 0.3) is 0 Å². The summed E-state index contributed by atoms with van der Waals surface area (Å²) >= 11 is 0. The van der Waals surface area contributed by atoms with Gasteiger partial charge in [0.2, 0.25) is 5.91 Å². The standard InChI is InChI=1S/C24H26N2O4/c1-24(2,3)17-9-6-15(7-10-17)21(27)14-30-23(29)16-8-11-19-18(13-16)25-22(28)20-5-4-12-26(19)20/h6-11,13,20H,4-5,12,14H2,1-3H3,(H,25,28)/t20-/m0/s1. The van der Waals surface area contributed by atoms with Crippen LogP contribution in [0.5, 0.6) is 0 Å². The van der Waals surface area contributed by atoms with E-state index in [-0.39, 0.29) is 29.8 Å². The lowest BCUT2D eigenvalue weighted by atomic mass is 9.86. The summed E-state index contributed by atoms with van der Waals surface area (Å²) < 4.78 is 5.23. The molecule has 0 aliphatic carbocycles. The molecular weight excluding hydrogens is 380 g/mol. The number of fused-ring (bicyclic) bond motifs is 3. The average molecular weight is 406 g/mol. The summed E-state index contributed by atoms with van der Waals surface area (Å²) in [6.07, 6.45) is 1.81. The van der Waals surface area contributed by atoms with Crippen LogP contribution >= 0.6 is 0 Å². The number of carbonyl (C=O) groups excluding carboxylic acids is 3. The van der Waals surface area contributed by atoms with Gasteiger partial charge in [-0.1, -0.05) is 45.0 Å². The number of ether oxygens (including phenoxy) is 1. The van der Waals surface area contributed by atoms with Crippen molar-refractivity contribution in [2.75, 3.05) is 23.4 Å². The Morgan fingerprint density at radius 1 is 1.10 bits per heavy atom. The quantitative estimate of drug-likeness (QED) is 0.615. The lowest BCUT2D eigenvalue weighted by molar-refractivity contribution is -0.117. The molecule has 2 heterocycles. The zero-order chi connectivity index (χ0) is 21.5. The van der Waals surface area contributed by atoms with Gasteiger partial charge in [0.1, 0.15) is 6.04 Å². The molecule has 0 saturated carbocycles. The molecule has 1 N–H and O–H groups in total. The Morgan fingerprint density at radius 2 is 1.80 bits per heavy atom. The van der Waals surface area contributed by atoms with E-state index in [1.54, 1.807) is 24.3 Å². The van der Waals surface area contributed by atoms with Crippen LogP contribution in [-0.2, 0) is 14.9 Å². The number of carbonyl (C=O) groups is 3. The highest BCUT2D eigenvalue weighted by atomic mass is 16.5. The fourth-order valence-corrected chi connectivity index (χ4v) is 4.01. The summed E-state index contributed by atoms with van der Waals surface area (Å²) in [4.78, 5) is 39.2. The van der Waals surface area contributed by atoms with Crippen LogP contribution in [0.3, 0.4) is 0 Å².